The van der Waals surface area contributed by atoms with Crippen molar-refractivity contribution >= 4 is 44.2 Å². The number of nitrogens with zero attached hydrogens (tertiary/aromatic N) is 1. The molecular weight excluding hydrogens is 463 g/mol. The maximum absolute atomic E-state index is 12.7. The van der Waals surface area contributed by atoms with E-state index in [0.717, 1.165) is 14.8 Å². The molecule has 1 aliphatic rings. The molecule has 2 aromatic rings. The lowest BCUT2D eigenvalue weighted by Gasteiger charge is -2.31. The van der Waals surface area contributed by atoms with Gasteiger partial charge in [0.25, 0.3) is 0 Å². The van der Waals surface area contributed by atoms with Crippen LogP contribution in [0.1, 0.15) is 18.4 Å². The van der Waals surface area contributed by atoms with Gasteiger partial charge in [-0.2, -0.15) is 0 Å². The van der Waals surface area contributed by atoms with Crippen molar-refractivity contribution in [2.75, 3.05) is 18.4 Å². The molecule has 1 amide bonds. The molecule has 0 spiro atoms. The number of benzene rings is 2. The summed E-state index contributed by atoms with van der Waals surface area (Å²) in [6.07, 6.45) is 1.40. The number of carbonyl (C=O) groups excluding carboxylic acids is 1. The Morgan fingerprint density at radius 3 is 2.50 bits per heavy atom. The zero-order chi connectivity index (χ0) is 18.6. The fraction of sp³-hybridized carbons (Fsp3) is 0.316. The fourth-order valence-corrected chi connectivity index (χ4v) is 5.03. The van der Waals surface area contributed by atoms with Crippen molar-refractivity contribution in [3.63, 3.8) is 0 Å². The Morgan fingerprint density at radius 1 is 1.12 bits per heavy atom. The molecule has 0 bridgehead atoms. The van der Waals surface area contributed by atoms with Crippen LogP contribution in [0, 0.1) is 9.49 Å². The number of rotatable bonds is 5. The molecule has 1 saturated heterocycles. The maximum Gasteiger partial charge on any atom is 0.228 e. The number of halogens is 1. The lowest BCUT2D eigenvalue weighted by atomic mass is 9.99. The third-order valence-corrected chi connectivity index (χ3v) is 6.99. The number of carbonyl (C=O) groups is 1. The van der Waals surface area contributed by atoms with Crippen LogP contribution in [0.5, 0.6) is 0 Å². The van der Waals surface area contributed by atoms with Crippen LogP contribution in [0.4, 0.5) is 5.69 Å². The largest absolute Gasteiger partial charge is 0.326 e. The summed E-state index contributed by atoms with van der Waals surface area (Å²) in [5, 5.41) is 2.90. The topological polar surface area (TPSA) is 66.5 Å². The van der Waals surface area contributed by atoms with E-state index in [-0.39, 0.29) is 24.1 Å². The highest BCUT2D eigenvalue weighted by molar-refractivity contribution is 14.1. The monoisotopic (exact) mass is 484 g/mol. The van der Waals surface area contributed by atoms with E-state index in [4.69, 9.17) is 0 Å². The first-order chi connectivity index (χ1) is 12.4. The first-order valence-corrected chi connectivity index (χ1v) is 11.2. The molecule has 5 nitrogen and oxygen atoms in total. The molecule has 1 heterocycles. The van der Waals surface area contributed by atoms with Crippen LogP contribution in [0.2, 0.25) is 0 Å². The minimum atomic E-state index is -3.43. The highest BCUT2D eigenvalue weighted by atomic mass is 127. The molecule has 0 saturated carbocycles. The molecule has 3 rings (SSSR count). The Kier molecular flexibility index (Phi) is 6.31. The van der Waals surface area contributed by atoms with Gasteiger partial charge in [0.15, 0.2) is 0 Å². The van der Waals surface area contributed by atoms with E-state index >= 15 is 0 Å². The summed E-state index contributed by atoms with van der Waals surface area (Å²) in [6.45, 7) is 0.716. The summed E-state index contributed by atoms with van der Waals surface area (Å²) in [5.41, 5.74) is 1.50. The summed E-state index contributed by atoms with van der Waals surface area (Å²) < 4.78 is 28.0. The van der Waals surface area contributed by atoms with Crippen LogP contribution in [0.3, 0.4) is 0 Å². The SMILES string of the molecule is O=C(Nc1ccc(I)cc1)C1CCCN(S(=O)(=O)Cc2ccccc2)C1. The predicted molar refractivity (Wildman–Crippen MR) is 111 cm³/mol. The molecule has 0 radical (unpaired) electrons. The third kappa shape index (κ3) is 5.05. The summed E-state index contributed by atoms with van der Waals surface area (Å²) in [6, 6.07) is 16.7. The van der Waals surface area contributed by atoms with Crippen LogP contribution >= 0.6 is 22.6 Å². The van der Waals surface area contributed by atoms with E-state index < -0.39 is 10.0 Å². The quantitative estimate of drug-likeness (QED) is 0.662. The molecule has 26 heavy (non-hydrogen) atoms. The Labute approximate surface area is 168 Å². The molecule has 1 atom stereocenters. The first-order valence-electron chi connectivity index (χ1n) is 8.52. The van der Waals surface area contributed by atoms with Gasteiger partial charge in [0.05, 0.1) is 11.7 Å². The van der Waals surface area contributed by atoms with Gasteiger partial charge >= 0.3 is 0 Å². The van der Waals surface area contributed by atoms with E-state index in [9.17, 15) is 13.2 Å². The van der Waals surface area contributed by atoms with Crippen molar-refractivity contribution in [2.45, 2.75) is 18.6 Å². The van der Waals surface area contributed by atoms with Crippen molar-refractivity contribution in [1.82, 2.24) is 4.31 Å². The van der Waals surface area contributed by atoms with E-state index in [2.05, 4.69) is 27.9 Å². The molecule has 0 aliphatic carbocycles. The molecule has 138 valence electrons. The van der Waals surface area contributed by atoms with Gasteiger partial charge in [-0.25, -0.2) is 12.7 Å². The molecule has 7 heteroatoms. The van der Waals surface area contributed by atoms with Crippen molar-refractivity contribution in [2.24, 2.45) is 5.92 Å². The Morgan fingerprint density at radius 2 is 1.81 bits per heavy atom. The average Bonchev–Trinajstić information content (AvgIpc) is 2.64. The molecule has 2 aromatic carbocycles. The van der Waals surface area contributed by atoms with E-state index in [1.54, 1.807) is 0 Å². The maximum atomic E-state index is 12.7. The van der Waals surface area contributed by atoms with Gasteiger partial charge in [0, 0.05) is 22.3 Å². The standard InChI is InChI=1S/C19H21IN2O3S/c20-17-8-10-18(11-9-17)21-19(23)16-7-4-12-22(13-16)26(24,25)14-15-5-2-1-3-6-15/h1-3,5-6,8-11,16H,4,7,12-14H2,(H,21,23). The predicted octanol–water partition coefficient (Wildman–Crippen LogP) is 3.47. The summed E-state index contributed by atoms with van der Waals surface area (Å²) >= 11 is 2.21. The van der Waals surface area contributed by atoms with Crippen molar-refractivity contribution in [1.29, 1.82) is 0 Å². The molecular formula is C19H21IN2O3S. The van der Waals surface area contributed by atoms with Gasteiger partial charge in [0.2, 0.25) is 15.9 Å². The normalized spacial score (nSPS) is 18.4. The Balaban J connectivity index is 1.64. The number of sulfonamides is 1. The lowest BCUT2D eigenvalue weighted by Crippen LogP contribution is -2.44. The number of piperidine rings is 1. The van der Waals surface area contributed by atoms with Crippen molar-refractivity contribution in [3.8, 4) is 0 Å². The van der Waals surface area contributed by atoms with Crippen LogP contribution < -0.4 is 5.32 Å². The second-order valence-electron chi connectivity index (χ2n) is 6.44. The van der Waals surface area contributed by atoms with Gasteiger partial charge < -0.3 is 5.32 Å². The Hall–Kier alpha value is -1.45. The fourth-order valence-electron chi connectivity index (χ4n) is 3.06. The van der Waals surface area contributed by atoms with E-state index in [0.29, 0.717) is 19.4 Å². The second-order valence-corrected chi connectivity index (χ2v) is 9.65. The van der Waals surface area contributed by atoms with Gasteiger partial charge in [-0.3, -0.25) is 4.79 Å². The average molecular weight is 484 g/mol. The smallest absolute Gasteiger partial charge is 0.228 e. The van der Waals surface area contributed by atoms with Gasteiger partial charge in [0.1, 0.15) is 0 Å². The number of anilines is 1. The van der Waals surface area contributed by atoms with E-state index in [1.807, 2.05) is 54.6 Å². The molecule has 0 aromatic heterocycles. The zero-order valence-electron chi connectivity index (χ0n) is 14.3. The summed E-state index contributed by atoms with van der Waals surface area (Å²) in [7, 11) is -3.43. The minimum Gasteiger partial charge on any atom is -0.326 e. The van der Waals surface area contributed by atoms with Gasteiger partial charge in [-0.1, -0.05) is 30.3 Å². The molecule has 1 fully saturated rings. The van der Waals surface area contributed by atoms with Gasteiger partial charge in [-0.05, 0) is 65.3 Å². The second kappa shape index (κ2) is 8.49. The van der Waals surface area contributed by atoms with Crippen molar-refractivity contribution < 1.29 is 13.2 Å². The zero-order valence-corrected chi connectivity index (χ0v) is 17.2. The number of hydrogen-bond acceptors (Lipinski definition) is 3. The lowest BCUT2D eigenvalue weighted by molar-refractivity contribution is -0.120. The molecule has 1 aliphatic heterocycles. The Bertz CT molecular complexity index is 854. The minimum absolute atomic E-state index is 0.0285. The van der Waals surface area contributed by atoms with Crippen molar-refractivity contribution in [3.05, 3.63) is 63.7 Å². The van der Waals surface area contributed by atoms with Crippen LogP contribution in [-0.2, 0) is 20.6 Å². The highest BCUT2D eigenvalue weighted by Gasteiger charge is 2.32. The summed E-state index contributed by atoms with van der Waals surface area (Å²) in [4.78, 5) is 12.5. The van der Waals surface area contributed by atoms with Crippen LogP contribution in [-0.4, -0.2) is 31.7 Å². The third-order valence-electron chi connectivity index (χ3n) is 4.45. The van der Waals surface area contributed by atoms with Crippen LogP contribution in [0.25, 0.3) is 0 Å². The molecule has 1 N–H and O–H groups in total. The number of nitrogens with one attached hydrogen (secondary N) is 1. The summed E-state index contributed by atoms with van der Waals surface area (Å²) in [5.74, 6) is -0.473. The molecule has 1 unspecified atom stereocenters. The number of amides is 1. The number of hydrogen-bond donors (Lipinski definition) is 1. The first kappa shape index (κ1) is 19.3. The van der Waals surface area contributed by atoms with E-state index in [1.165, 1.54) is 4.31 Å². The van der Waals surface area contributed by atoms with Crippen LogP contribution in [0.15, 0.2) is 54.6 Å². The highest BCUT2D eigenvalue weighted by Crippen LogP contribution is 2.23. The van der Waals surface area contributed by atoms with Gasteiger partial charge in [-0.15, -0.1) is 0 Å².